The van der Waals surface area contributed by atoms with Crippen molar-refractivity contribution >= 4 is 32.7 Å². The first-order valence-electron chi connectivity index (χ1n) is 8.07. The van der Waals surface area contributed by atoms with Gasteiger partial charge in [0, 0.05) is 17.5 Å². The third kappa shape index (κ3) is 3.30. The molecular formula is C19H15BrFN5. The molecule has 130 valence electrons. The maximum Gasteiger partial charge on any atom is 0.139 e. The SMILES string of the molecule is CC(Nc1ccc2cc(Br)c(F)cc2n1)c1ccc(-n2cncn2)cc1. The van der Waals surface area contributed by atoms with Gasteiger partial charge in [0.2, 0.25) is 0 Å². The van der Waals surface area contributed by atoms with E-state index in [0.29, 0.717) is 15.8 Å². The average molecular weight is 412 g/mol. The number of aromatic nitrogens is 4. The Morgan fingerprint density at radius 2 is 1.92 bits per heavy atom. The van der Waals surface area contributed by atoms with Crippen LogP contribution in [0.3, 0.4) is 0 Å². The largest absolute Gasteiger partial charge is 0.364 e. The number of benzene rings is 2. The Labute approximate surface area is 158 Å². The molecule has 1 N–H and O–H groups in total. The summed E-state index contributed by atoms with van der Waals surface area (Å²) in [4.78, 5) is 8.46. The molecule has 1 atom stereocenters. The molecule has 2 aromatic carbocycles. The molecule has 26 heavy (non-hydrogen) atoms. The van der Waals surface area contributed by atoms with Crippen LogP contribution in [0.25, 0.3) is 16.6 Å². The molecule has 5 nitrogen and oxygen atoms in total. The minimum Gasteiger partial charge on any atom is -0.364 e. The van der Waals surface area contributed by atoms with E-state index in [1.54, 1.807) is 17.1 Å². The van der Waals surface area contributed by atoms with Gasteiger partial charge in [0.1, 0.15) is 24.3 Å². The van der Waals surface area contributed by atoms with Crippen molar-refractivity contribution in [2.75, 3.05) is 5.32 Å². The quantitative estimate of drug-likeness (QED) is 0.519. The van der Waals surface area contributed by atoms with Crippen LogP contribution in [0.2, 0.25) is 0 Å². The summed E-state index contributed by atoms with van der Waals surface area (Å²) in [6, 6.07) is 15.1. The summed E-state index contributed by atoms with van der Waals surface area (Å²) >= 11 is 3.20. The normalized spacial score (nSPS) is 12.3. The third-order valence-corrected chi connectivity index (χ3v) is 4.78. The second kappa shape index (κ2) is 6.84. The molecule has 0 bridgehead atoms. The van der Waals surface area contributed by atoms with Crippen LogP contribution in [0.15, 0.2) is 65.7 Å². The number of pyridine rings is 1. The molecule has 2 heterocycles. The Hall–Kier alpha value is -2.80. The van der Waals surface area contributed by atoms with E-state index in [0.717, 1.165) is 16.6 Å². The number of anilines is 1. The zero-order chi connectivity index (χ0) is 18.1. The summed E-state index contributed by atoms with van der Waals surface area (Å²) in [5.74, 6) is 0.381. The van der Waals surface area contributed by atoms with Crippen LogP contribution < -0.4 is 5.32 Å². The number of hydrogen-bond acceptors (Lipinski definition) is 4. The zero-order valence-electron chi connectivity index (χ0n) is 13.9. The molecule has 0 amide bonds. The van der Waals surface area contributed by atoms with Crippen molar-refractivity contribution in [1.29, 1.82) is 0 Å². The minimum absolute atomic E-state index is 0.0463. The van der Waals surface area contributed by atoms with Gasteiger partial charge in [-0.25, -0.2) is 19.0 Å². The Balaban J connectivity index is 1.55. The van der Waals surface area contributed by atoms with Crippen molar-refractivity contribution in [1.82, 2.24) is 19.7 Å². The monoisotopic (exact) mass is 411 g/mol. The molecular weight excluding hydrogens is 397 g/mol. The van der Waals surface area contributed by atoms with Gasteiger partial charge in [-0.2, -0.15) is 5.10 Å². The van der Waals surface area contributed by atoms with Crippen molar-refractivity contribution in [2.45, 2.75) is 13.0 Å². The van der Waals surface area contributed by atoms with Crippen molar-refractivity contribution in [3.8, 4) is 5.69 Å². The number of halogens is 2. The van der Waals surface area contributed by atoms with Crippen molar-refractivity contribution in [3.63, 3.8) is 0 Å². The predicted octanol–water partition coefficient (Wildman–Crippen LogP) is 4.89. The molecule has 4 rings (SSSR count). The number of rotatable bonds is 4. The molecule has 0 spiro atoms. The first kappa shape index (κ1) is 16.7. The fourth-order valence-corrected chi connectivity index (χ4v) is 3.12. The first-order chi connectivity index (χ1) is 12.6. The van der Waals surface area contributed by atoms with E-state index in [1.807, 2.05) is 36.4 Å². The van der Waals surface area contributed by atoms with Gasteiger partial charge in [0.25, 0.3) is 0 Å². The average Bonchev–Trinajstić information content (AvgIpc) is 3.18. The fraction of sp³-hybridized carbons (Fsp3) is 0.105. The van der Waals surface area contributed by atoms with E-state index in [9.17, 15) is 4.39 Å². The van der Waals surface area contributed by atoms with Crippen LogP contribution in [0, 0.1) is 5.82 Å². The van der Waals surface area contributed by atoms with E-state index >= 15 is 0 Å². The standard InChI is InChI=1S/C19H15BrFN5/c1-12(13-2-5-15(6-3-13)26-11-22-10-23-26)24-19-7-4-14-8-16(20)17(21)9-18(14)25-19/h2-12H,1H3,(H,24,25). The van der Waals surface area contributed by atoms with Crippen LogP contribution in [-0.4, -0.2) is 19.7 Å². The van der Waals surface area contributed by atoms with Gasteiger partial charge in [0.05, 0.1) is 15.7 Å². The lowest BCUT2D eigenvalue weighted by Crippen LogP contribution is -2.08. The van der Waals surface area contributed by atoms with Crippen molar-refractivity contribution < 1.29 is 4.39 Å². The molecule has 0 aliphatic heterocycles. The van der Waals surface area contributed by atoms with Gasteiger partial charge in [-0.05, 0) is 58.7 Å². The maximum atomic E-state index is 13.7. The Morgan fingerprint density at radius 1 is 1.12 bits per heavy atom. The van der Waals surface area contributed by atoms with E-state index in [-0.39, 0.29) is 11.9 Å². The summed E-state index contributed by atoms with van der Waals surface area (Å²) in [7, 11) is 0. The van der Waals surface area contributed by atoms with E-state index < -0.39 is 0 Å². The number of nitrogens with zero attached hydrogens (tertiary/aromatic N) is 4. The molecule has 0 aliphatic rings. The maximum absolute atomic E-state index is 13.7. The van der Waals surface area contributed by atoms with Crippen LogP contribution in [0.4, 0.5) is 10.2 Å². The van der Waals surface area contributed by atoms with Crippen LogP contribution >= 0.6 is 15.9 Å². The minimum atomic E-state index is -0.320. The van der Waals surface area contributed by atoms with Crippen molar-refractivity contribution in [3.05, 3.63) is 77.0 Å². The molecule has 0 radical (unpaired) electrons. The highest BCUT2D eigenvalue weighted by Gasteiger charge is 2.09. The smallest absolute Gasteiger partial charge is 0.139 e. The lowest BCUT2D eigenvalue weighted by Gasteiger charge is -2.16. The van der Waals surface area contributed by atoms with Crippen molar-refractivity contribution in [2.24, 2.45) is 0 Å². The second-order valence-corrected chi connectivity index (χ2v) is 6.81. The van der Waals surface area contributed by atoms with Gasteiger partial charge < -0.3 is 5.32 Å². The van der Waals surface area contributed by atoms with Crippen LogP contribution in [0.5, 0.6) is 0 Å². The lowest BCUT2D eigenvalue weighted by atomic mass is 10.1. The molecule has 1 unspecified atom stereocenters. The number of hydrogen-bond donors (Lipinski definition) is 1. The Morgan fingerprint density at radius 3 is 2.65 bits per heavy atom. The summed E-state index contributed by atoms with van der Waals surface area (Å²) in [6.07, 6.45) is 3.16. The number of nitrogens with one attached hydrogen (secondary N) is 1. The first-order valence-corrected chi connectivity index (χ1v) is 8.87. The fourth-order valence-electron chi connectivity index (χ4n) is 2.76. The molecule has 7 heteroatoms. The number of fused-ring (bicyclic) bond motifs is 1. The molecule has 0 fully saturated rings. The Kier molecular flexibility index (Phi) is 4.38. The highest BCUT2D eigenvalue weighted by Crippen LogP contribution is 2.25. The van der Waals surface area contributed by atoms with E-state index in [2.05, 4.69) is 43.2 Å². The summed E-state index contributed by atoms with van der Waals surface area (Å²) in [6.45, 7) is 2.05. The van der Waals surface area contributed by atoms with Gasteiger partial charge >= 0.3 is 0 Å². The second-order valence-electron chi connectivity index (χ2n) is 5.95. The van der Waals surface area contributed by atoms with Gasteiger partial charge in [0.15, 0.2) is 0 Å². The lowest BCUT2D eigenvalue weighted by molar-refractivity contribution is 0.623. The summed E-state index contributed by atoms with van der Waals surface area (Å²) < 4.78 is 15.9. The summed E-state index contributed by atoms with van der Waals surface area (Å²) in [5, 5.41) is 8.36. The van der Waals surface area contributed by atoms with E-state index in [1.165, 1.54) is 12.4 Å². The Bertz CT molecular complexity index is 1050. The zero-order valence-corrected chi connectivity index (χ0v) is 15.5. The predicted molar refractivity (Wildman–Crippen MR) is 103 cm³/mol. The highest BCUT2D eigenvalue weighted by atomic mass is 79.9. The highest BCUT2D eigenvalue weighted by molar-refractivity contribution is 9.10. The third-order valence-electron chi connectivity index (χ3n) is 4.17. The van der Waals surface area contributed by atoms with Crippen LogP contribution in [-0.2, 0) is 0 Å². The van der Waals surface area contributed by atoms with Gasteiger partial charge in [-0.1, -0.05) is 12.1 Å². The van der Waals surface area contributed by atoms with Gasteiger partial charge in [-0.15, -0.1) is 0 Å². The van der Waals surface area contributed by atoms with E-state index in [4.69, 9.17) is 0 Å². The molecule has 0 saturated carbocycles. The molecule has 0 aliphatic carbocycles. The molecule has 4 aromatic rings. The van der Waals surface area contributed by atoms with Gasteiger partial charge in [-0.3, -0.25) is 0 Å². The molecule has 2 aromatic heterocycles. The molecule has 0 saturated heterocycles. The van der Waals surface area contributed by atoms with Crippen LogP contribution in [0.1, 0.15) is 18.5 Å². The topological polar surface area (TPSA) is 55.6 Å². The summed E-state index contributed by atoms with van der Waals surface area (Å²) in [5.41, 5.74) is 2.67.